The van der Waals surface area contributed by atoms with E-state index in [1.807, 2.05) is 6.92 Å². The lowest BCUT2D eigenvalue weighted by molar-refractivity contribution is 0.234. The number of urea groups is 1. The van der Waals surface area contributed by atoms with Crippen LogP contribution in [0.3, 0.4) is 0 Å². The fourth-order valence-corrected chi connectivity index (χ4v) is 1.82. The Morgan fingerprint density at radius 2 is 2.00 bits per heavy atom. The van der Waals surface area contributed by atoms with Crippen LogP contribution in [-0.4, -0.2) is 30.3 Å². The molecule has 0 saturated carbocycles. The number of carbonyl (C=O) groups excluding carboxylic acids is 1. The van der Waals surface area contributed by atoms with Gasteiger partial charge in [0.25, 0.3) is 0 Å². The second kappa shape index (κ2) is 8.53. The summed E-state index contributed by atoms with van der Waals surface area (Å²) in [6.07, 6.45) is 2.34. The second-order valence-corrected chi connectivity index (χ2v) is 4.90. The van der Waals surface area contributed by atoms with Crippen molar-refractivity contribution in [2.45, 2.75) is 39.2 Å². The molecule has 0 aliphatic heterocycles. The monoisotopic (exact) mass is 264 g/mol. The van der Waals surface area contributed by atoms with E-state index in [1.165, 1.54) is 11.1 Å². The van der Waals surface area contributed by atoms with Gasteiger partial charge in [0, 0.05) is 19.2 Å². The van der Waals surface area contributed by atoms with Crippen molar-refractivity contribution in [1.29, 1.82) is 0 Å². The first-order valence-corrected chi connectivity index (χ1v) is 6.82. The molecule has 1 aromatic carbocycles. The summed E-state index contributed by atoms with van der Waals surface area (Å²) in [7, 11) is 0. The van der Waals surface area contributed by atoms with Crippen molar-refractivity contribution in [3.8, 4) is 0 Å². The number of aryl methyl sites for hydroxylation is 1. The highest BCUT2D eigenvalue weighted by Gasteiger charge is 2.05. The van der Waals surface area contributed by atoms with Crippen LogP contribution in [0.25, 0.3) is 0 Å². The molecule has 0 bridgehead atoms. The van der Waals surface area contributed by atoms with Crippen molar-refractivity contribution in [3.05, 3.63) is 35.4 Å². The Balaban J connectivity index is 2.18. The summed E-state index contributed by atoms with van der Waals surface area (Å²) < 4.78 is 0. The van der Waals surface area contributed by atoms with Crippen molar-refractivity contribution in [2.24, 2.45) is 0 Å². The summed E-state index contributed by atoms with van der Waals surface area (Å²) in [6.45, 7) is 4.79. The third kappa shape index (κ3) is 6.82. The van der Waals surface area contributed by atoms with Gasteiger partial charge in [-0.25, -0.2) is 4.79 Å². The van der Waals surface area contributed by atoms with E-state index in [4.69, 9.17) is 5.11 Å². The highest BCUT2D eigenvalue weighted by atomic mass is 16.3. The van der Waals surface area contributed by atoms with Gasteiger partial charge in [0.05, 0.1) is 0 Å². The van der Waals surface area contributed by atoms with Crippen LogP contribution in [0.2, 0.25) is 0 Å². The topological polar surface area (TPSA) is 61.4 Å². The first-order chi connectivity index (χ1) is 9.11. The van der Waals surface area contributed by atoms with Gasteiger partial charge in [-0.2, -0.15) is 0 Å². The zero-order valence-electron chi connectivity index (χ0n) is 11.8. The minimum atomic E-state index is -0.141. The van der Waals surface area contributed by atoms with E-state index in [9.17, 15) is 4.79 Å². The Hall–Kier alpha value is -1.55. The lowest BCUT2D eigenvalue weighted by Crippen LogP contribution is -2.41. The maximum absolute atomic E-state index is 11.6. The van der Waals surface area contributed by atoms with Gasteiger partial charge < -0.3 is 15.7 Å². The third-order valence-electron chi connectivity index (χ3n) is 2.99. The molecule has 2 amide bonds. The molecule has 0 heterocycles. The number of hydrogen-bond acceptors (Lipinski definition) is 2. The van der Waals surface area contributed by atoms with Gasteiger partial charge in [-0.3, -0.25) is 0 Å². The van der Waals surface area contributed by atoms with Crippen LogP contribution < -0.4 is 10.6 Å². The molecule has 1 rings (SSSR count). The van der Waals surface area contributed by atoms with E-state index >= 15 is 0 Å². The van der Waals surface area contributed by atoms with Crippen LogP contribution in [0.15, 0.2) is 24.3 Å². The molecule has 0 aliphatic carbocycles. The van der Waals surface area contributed by atoms with Crippen LogP contribution in [0.1, 0.15) is 30.9 Å². The molecule has 4 nitrogen and oxygen atoms in total. The first kappa shape index (κ1) is 15.5. The van der Waals surface area contributed by atoms with Crippen molar-refractivity contribution in [3.63, 3.8) is 0 Å². The molecule has 1 atom stereocenters. The molecule has 0 spiro atoms. The Morgan fingerprint density at radius 3 is 2.63 bits per heavy atom. The predicted molar refractivity (Wildman–Crippen MR) is 77.2 cm³/mol. The number of carbonyl (C=O) groups is 1. The summed E-state index contributed by atoms with van der Waals surface area (Å²) in [5, 5.41) is 14.4. The molecule has 0 radical (unpaired) electrons. The Kier molecular flexibility index (Phi) is 6.97. The van der Waals surface area contributed by atoms with Gasteiger partial charge in [0.15, 0.2) is 0 Å². The van der Waals surface area contributed by atoms with Crippen LogP contribution >= 0.6 is 0 Å². The summed E-state index contributed by atoms with van der Waals surface area (Å²) >= 11 is 0. The molecule has 0 saturated heterocycles. The Labute approximate surface area is 115 Å². The summed E-state index contributed by atoms with van der Waals surface area (Å²) in [5.74, 6) is 0. The van der Waals surface area contributed by atoms with Gasteiger partial charge in [-0.15, -0.1) is 0 Å². The van der Waals surface area contributed by atoms with Gasteiger partial charge in [-0.05, 0) is 38.7 Å². The quantitative estimate of drug-likeness (QED) is 0.705. The van der Waals surface area contributed by atoms with Crippen LogP contribution in [-0.2, 0) is 6.42 Å². The first-order valence-electron chi connectivity index (χ1n) is 6.82. The van der Waals surface area contributed by atoms with Crippen LogP contribution in [0, 0.1) is 6.92 Å². The molecule has 1 aromatic rings. The van der Waals surface area contributed by atoms with E-state index < -0.39 is 0 Å². The Bertz CT molecular complexity index is 376. The molecule has 0 aromatic heterocycles. The second-order valence-electron chi connectivity index (χ2n) is 4.90. The highest BCUT2D eigenvalue weighted by Crippen LogP contribution is 2.03. The average molecular weight is 264 g/mol. The molecule has 1 unspecified atom stereocenters. The third-order valence-corrected chi connectivity index (χ3v) is 2.99. The number of nitrogens with one attached hydrogen (secondary N) is 2. The van der Waals surface area contributed by atoms with Crippen molar-refractivity contribution in [1.82, 2.24) is 10.6 Å². The number of aliphatic hydroxyl groups excluding tert-OH is 1. The smallest absolute Gasteiger partial charge is 0.315 e. The fraction of sp³-hybridized carbons (Fsp3) is 0.533. The van der Waals surface area contributed by atoms with Gasteiger partial charge >= 0.3 is 6.03 Å². The van der Waals surface area contributed by atoms with Gasteiger partial charge in [0.2, 0.25) is 0 Å². The maximum Gasteiger partial charge on any atom is 0.315 e. The molecule has 19 heavy (non-hydrogen) atoms. The average Bonchev–Trinajstić information content (AvgIpc) is 2.38. The maximum atomic E-state index is 11.6. The van der Waals surface area contributed by atoms with Crippen LogP contribution in [0.5, 0.6) is 0 Å². The highest BCUT2D eigenvalue weighted by molar-refractivity contribution is 5.74. The van der Waals surface area contributed by atoms with E-state index in [0.717, 1.165) is 12.8 Å². The summed E-state index contributed by atoms with van der Waals surface area (Å²) in [5.41, 5.74) is 2.46. The fourth-order valence-electron chi connectivity index (χ4n) is 1.82. The van der Waals surface area contributed by atoms with E-state index in [1.54, 1.807) is 0 Å². The Morgan fingerprint density at radius 1 is 1.32 bits per heavy atom. The summed E-state index contributed by atoms with van der Waals surface area (Å²) in [4.78, 5) is 11.6. The zero-order valence-corrected chi connectivity index (χ0v) is 11.8. The van der Waals surface area contributed by atoms with Crippen molar-refractivity contribution >= 4 is 6.03 Å². The number of amides is 2. The molecule has 0 fully saturated rings. The molecule has 0 aliphatic rings. The SMILES string of the molecule is Cc1ccc(CCNC(=O)NC(C)CCCO)cc1. The zero-order chi connectivity index (χ0) is 14.1. The number of hydrogen-bond donors (Lipinski definition) is 3. The van der Waals surface area contributed by atoms with Crippen molar-refractivity contribution in [2.75, 3.05) is 13.2 Å². The minimum Gasteiger partial charge on any atom is -0.396 e. The van der Waals surface area contributed by atoms with Crippen LogP contribution in [0.4, 0.5) is 4.79 Å². The molecule has 106 valence electrons. The molecular formula is C15H24N2O2. The van der Waals surface area contributed by atoms with E-state index in [-0.39, 0.29) is 18.7 Å². The summed E-state index contributed by atoms with van der Waals surface area (Å²) in [6, 6.07) is 8.26. The molecule has 4 heteroatoms. The number of rotatable bonds is 7. The van der Waals surface area contributed by atoms with Crippen molar-refractivity contribution < 1.29 is 9.90 Å². The molecular weight excluding hydrogens is 240 g/mol. The lowest BCUT2D eigenvalue weighted by Gasteiger charge is -2.14. The van der Waals surface area contributed by atoms with E-state index in [0.29, 0.717) is 13.0 Å². The standard InChI is InChI=1S/C15H24N2O2/c1-12-5-7-14(8-6-12)9-10-16-15(19)17-13(2)4-3-11-18/h5-8,13,18H,3-4,9-11H2,1-2H3,(H2,16,17,19). The van der Waals surface area contributed by atoms with Gasteiger partial charge in [0.1, 0.15) is 0 Å². The predicted octanol–water partition coefficient (Wildman–Crippen LogP) is 2.00. The normalized spacial score (nSPS) is 11.9. The minimum absolute atomic E-state index is 0.0894. The van der Waals surface area contributed by atoms with Gasteiger partial charge in [-0.1, -0.05) is 29.8 Å². The molecule has 3 N–H and O–H groups in total. The number of benzene rings is 1. The number of aliphatic hydroxyl groups is 1. The lowest BCUT2D eigenvalue weighted by atomic mass is 10.1. The van der Waals surface area contributed by atoms with E-state index in [2.05, 4.69) is 41.8 Å². The largest absolute Gasteiger partial charge is 0.396 e.